The molecule has 116 valence electrons. The van der Waals surface area contributed by atoms with Gasteiger partial charge in [-0.2, -0.15) is 0 Å². The monoisotopic (exact) mass is 290 g/mol. The van der Waals surface area contributed by atoms with Crippen LogP contribution in [0.2, 0.25) is 0 Å². The normalized spacial score (nSPS) is 21.9. The Morgan fingerprint density at radius 3 is 2.76 bits per heavy atom. The van der Waals surface area contributed by atoms with Crippen molar-refractivity contribution in [2.75, 3.05) is 20.7 Å². The zero-order valence-electron chi connectivity index (χ0n) is 13.3. The average Bonchev–Trinajstić information content (AvgIpc) is 2.53. The van der Waals surface area contributed by atoms with Crippen molar-refractivity contribution >= 4 is 5.91 Å². The third-order valence-electron chi connectivity index (χ3n) is 4.64. The van der Waals surface area contributed by atoms with E-state index in [2.05, 4.69) is 0 Å². The number of benzene rings is 1. The van der Waals surface area contributed by atoms with Gasteiger partial charge in [-0.3, -0.25) is 4.79 Å². The number of amides is 1. The van der Waals surface area contributed by atoms with Gasteiger partial charge in [-0.25, -0.2) is 0 Å². The van der Waals surface area contributed by atoms with Crippen molar-refractivity contribution in [3.8, 4) is 5.75 Å². The molecule has 2 N–H and O–H groups in total. The Morgan fingerprint density at radius 2 is 2.10 bits per heavy atom. The molecule has 0 radical (unpaired) electrons. The number of nitrogens with two attached hydrogens (primary N) is 1. The molecule has 2 rings (SSSR count). The highest BCUT2D eigenvalue weighted by molar-refractivity contribution is 5.94. The Bertz CT molecular complexity index is 502. The van der Waals surface area contributed by atoms with Gasteiger partial charge >= 0.3 is 0 Å². The lowest BCUT2D eigenvalue weighted by atomic mass is 9.83. The lowest BCUT2D eigenvalue weighted by Gasteiger charge is -2.37. The van der Waals surface area contributed by atoms with E-state index in [9.17, 15) is 4.79 Å². The van der Waals surface area contributed by atoms with Crippen LogP contribution in [0.4, 0.5) is 0 Å². The summed E-state index contributed by atoms with van der Waals surface area (Å²) in [4.78, 5) is 14.6. The van der Waals surface area contributed by atoms with Gasteiger partial charge in [-0.1, -0.05) is 18.9 Å². The van der Waals surface area contributed by atoms with Crippen LogP contribution in [0, 0.1) is 12.8 Å². The second-order valence-corrected chi connectivity index (χ2v) is 5.95. The molecule has 0 bridgehead atoms. The highest BCUT2D eigenvalue weighted by Crippen LogP contribution is 2.28. The number of ether oxygens (including phenoxy) is 1. The Morgan fingerprint density at radius 1 is 1.38 bits per heavy atom. The first kappa shape index (κ1) is 15.8. The number of methoxy groups -OCH3 is 1. The molecule has 0 aromatic heterocycles. The molecule has 1 amide bonds. The van der Waals surface area contributed by atoms with E-state index in [-0.39, 0.29) is 11.9 Å². The van der Waals surface area contributed by atoms with Gasteiger partial charge in [-0.05, 0) is 49.9 Å². The van der Waals surface area contributed by atoms with Gasteiger partial charge in [-0.15, -0.1) is 0 Å². The third-order valence-corrected chi connectivity index (χ3v) is 4.64. The minimum atomic E-state index is 0.0543. The minimum absolute atomic E-state index is 0.0543. The van der Waals surface area contributed by atoms with E-state index in [1.54, 1.807) is 7.11 Å². The standard InChI is InChI=1S/C17H26N2O2/c1-12-8-9-13(10-16(12)21-3)17(20)19(2)15-7-5-4-6-14(15)11-18/h8-10,14-15H,4-7,11,18H2,1-3H3. The first-order valence-electron chi connectivity index (χ1n) is 7.70. The van der Waals surface area contributed by atoms with E-state index in [0.717, 1.165) is 24.2 Å². The fourth-order valence-corrected chi connectivity index (χ4v) is 3.28. The topological polar surface area (TPSA) is 55.6 Å². The van der Waals surface area contributed by atoms with Gasteiger partial charge in [0.1, 0.15) is 5.75 Å². The maximum absolute atomic E-state index is 12.7. The van der Waals surface area contributed by atoms with Crippen molar-refractivity contribution in [3.63, 3.8) is 0 Å². The van der Waals surface area contributed by atoms with E-state index in [1.165, 1.54) is 12.8 Å². The molecule has 4 heteroatoms. The van der Waals surface area contributed by atoms with Gasteiger partial charge in [0.2, 0.25) is 0 Å². The minimum Gasteiger partial charge on any atom is -0.496 e. The molecule has 21 heavy (non-hydrogen) atoms. The number of hydrogen-bond donors (Lipinski definition) is 1. The van der Waals surface area contributed by atoms with Crippen LogP contribution in [0.25, 0.3) is 0 Å². The van der Waals surface area contributed by atoms with Crippen LogP contribution in [0.1, 0.15) is 41.6 Å². The van der Waals surface area contributed by atoms with Crippen molar-refractivity contribution in [1.29, 1.82) is 0 Å². The van der Waals surface area contributed by atoms with Crippen LogP contribution < -0.4 is 10.5 Å². The molecule has 0 heterocycles. The second-order valence-electron chi connectivity index (χ2n) is 5.95. The number of aryl methyl sites for hydroxylation is 1. The Hall–Kier alpha value is -1.55. The summed E-state index contributed by atoms with van der Waals surface area (Å²) < 4.78 is 5.31. The average molecular weight is 290 g/mol. The molecular weight excluding hydrogens is 264 g/mol. The van der Waals surface area contributed by atoms with E-state index in [1.807, 2.05) is 37.1 Å². The van der Waals surface area contributed by atoms with Crippen LogP contribution >= 0.6 is 0 Å². The highest BCUT2D eigenvalue weighted by atomic mass is 16.5. The smallest absolute Gasteiger partial charge is 0.253 e. The predicted molar refractivity (Wildman–Crippen MR) is 84.6 cm³/mol. The molecule has 1 fully saturated rings. The predicted octanol–water partition coefficient (Wildman–Crippen LogP) is 2.59. The van der Waals surface area contributed by atoms with Crippen LogP contribution in [0.5, 0.6) is 5.75 Å². The van der Waals surface area contributed by atoms with Crippen LogP contribution in [0.3, 0.4) is 0 Å². The number of carbonyl (C=O) groups excluding carboxylic acids is 1. The fraction of sp³-hybridized carbons (Fsp3) is 0.588. The molecule has 0 aliphatic heterocycles. The van der Waals surface area contributed by atoms with Crippen molar-refractivity contribution in [2.45, 2.75) is 38.6 Å². The quantitative estimate of drug-likeness (QED) is 0.927. The zero-order valence-corrected chi connectivity index (χ0v) is 13.3. The van der Waals surface area contributed by atoms with E-state index < -0.39 is 0 Å². The maximum atomic E-state index is 12.7. The lowest BCUT2D eigenvalue weighted by Crippen LogP contribution is -2.45. The molecule has 1 saturated carbocycles. The summed E-state index contributed by atoms with van der Waals surface area (Å²) >= 11 is 0. The number of carbonyl (C=O) groups is 1. The van der Waals surface area contributed by atoms with Crippen molar-refractivity contribution in [1.82, 2.24) is 4.90 Å². The Balaban J connectivity index is 2.18. The SMILES string of the molecule is COc1cc(C(=O)N(C)C2CCCCC2CN)ccc1C. The van der Waals surface area contributed by atoms with E-state index >= 15 is 0 Å². The van der Waals surface area contributed by atoms with Gasteiger partial charge in [0, 0.05) is 18.7 Å². The first-order valence-corrected chi connectivity index (χ1v) is 7.70. The molecule has 0 saturated heterocycles. The van der Waals surface area contributed by atoms with Crippen LogP contribution in [-0.2, 0) is 0 Å². The van der Waals surface area contributed by atoms with Gasteiger partial charge in [0.05, 0.1) is 7.11 Å². The number of nitrogens with zero attached hydrogens (tertiary/aromatic N) is 1. The summed E-state index contributed by atoms with van der Waals surface area (Å²) in [5.74, 6) is 1.23. The summed E-state index contributed by atoms with van der Waals surface area (Å²) in [5.41, 5.74) is 7.60. The molecular formula is C17H26N2O2. The van der Waals surface area contributed by atoms with Crippen molar-refractivity contribution in [3.05, 3.63) is 29.3 Å². The maximum Gasteiger partial charge on any atom is 0.253 e. The largest absolute Gasteiger partial charge is 0.496 e. The summed E-state index contributed by atoms with van der Waals surface area (Å²) in [6.07, 6.45) is 4.57. The molecule has 0 spiro atoms. The molecule has 1 aliphatic carbocycles. The van der Waals surface area contributed by atoms with Gasteiger partial charge in [0.25, 0.3) is 5.91 Å². The van der Waals surface area contributed by atoms with Gasteiger partial charge in [0.15, 0.2) is 0 Å². The molecule has 1 aromatic rings. The summed E-state index contributed by atoms with van der Waals surface area (Å²) in [7, 11) is 3.53. The highest BCUT2D eigenvalue weighted by Gasteiger charge is 2.30. The Kier molecular flexibility index (Phi) is 5.23. The summed E-state index contributed by atoms with van der Waals surface area (Å²) in [6.45, 7) is 2.63. The molecule has 1 aromatic carbocycles. The van der Waals surface area contributed by atoms with E-state index in [4.69, 9.17) is 10.5 Å². The number of hydrogen-bond acceptors (Lipinski definition) is 3. The van der Waals surface area contributed by atoms with Crippen molar-refractivity contribution in [2.24, 2.45) is 11.7 Å². The van der Waals surface area contributed by atoms with Crippen LogP contribution in [-0.4, -0.2) is 37.6 Å². The summed E-state index contributed by atoms with van der Waals surface area (Å²) in [5, 5.41) is 0. The number of rotatable bonds is 4. The van der Waals surface area contributed by atoms with Gasteiger partial charge < -0.3 is 15.4 Å². The molecule has 2 atom stereocenters. The first-order chi connectivity index (χ1) is 10.1. The van der Waals surface area contributed by atoms with Crippen molar-refractivity contribution < 1.29 is 9.53 Å². The zero-order chi connectivity index (χ0) is 15.4. The molecule has 4 nitrogen and oxygen atoms in total. The third kappa shape index (κ3) is 3.38. The second kappa shape index (κ2) is 6.94. The Labute approximate surface area is 127 Å². The fourth-order valence-electron chi connectivity index (χ4n) is 3.28. The lowest BCUT2D eigenvalue weighted by molar-refractivity contribution is 0.0620. The molecule has 1 aliphatic rings. The van der Waals surface area contributed by atoms with E-state index in [0.29, 0.717) is 18.0 Å². The summed E-state index contributed by atoms with van der Waals surface area (Å²) in [6, 6.07) is 5.88. The van der Waals surface area contributed by atoms with Crippen LogP contribution in [0.15, 0.2) is 18.2 Å². The molecule has 2 unspecified atom stereocenters.